The summed E-state index contributed by atoms with van der Waals surface area (Å²) in [5.41, 5.74) is 7.61. The van der Waals surface area contributed by atoms with Crippen LogP contribution in [0, 0.1) is 0 Å². The lowest BCUT2D eigenvalue weighted by Gasteiger charge is -2.06. The van der Waals surface area contributed by atoms with Crippen LogP contribution in [0.1, 0.15) is 19.7 Å². The van der Waals surface area contributed by atoms with E-state index in [1.807, 2.05) is 13.2 Å². The summed E-state index contributed by atoms with van der Waals surface area (Å²) in [7, 11) is 1.88. The first-order chi connectivity index (χ1) is 8.54. The number of nitrogen functional groups attached to an aromatic ring is 1. The van der Waals surface area contributed by atoms with Gasteiger partial charge in [0, 0.05) is 24.9 Å². The van der Waals surface area contributed by atoms with Gasteiger partial charge in [0.05, 0.1) is 17.6 Å². The average molecular weight is 263 g/mol. The van der Waals surface area contributed by atoms with E-state index in [-0.39, 0.29) is 0 Å². The summed E-state index contributed by atoms with van der Waals surface area (Å²) < 4.78 is 1.75. The second-order valence-corrected chi connectivity index (χ2v) is 5.92. The van der Waals surface area contributed by atoms with E-state index in [0.717, 1.165) is 22.8 Å². The molecule has 0 saturated heterocycles. The van der Waals surface area contributed by atoms with Crippen molar-refractivity contribution < 1.29 is 0 Å². The van der Waals surface area contributed by atoms with E-state index in [9.17, 15) is 0 Å². The number of hydrogen-bond donors (Lipinski definition) is 1. The van der Waals surface area contributed by atoms with Crippen LogP contribution in [0.2, 0.25) is 0 Å². The Kier molecular flexibility index (Phi) is 3.86. The number of nitrogens with zero attached hydrogens (tertiary/aromatic N) is 4. The lowest BCUT2D eigenvalue weighted by molar-refractivity contribution is 0.768. The first-order valence-electron chi connectivity index (χ1n) is 5.78. The van der Waals surface area contributed by atoms with E-state index in [2.05, 4.69) is 28.9 Å². The van der Waals surface area contributed by atoms with Crippen molar-refractivity contribution in [2.75, 3.05) is 5.73 Å². The minimum atomic E-state index is 0.503. The summed E-state index contributed by atoms with van der Waals surface area (Å²) in [6, 6.07) is 1.78. The molecule has 2 aromatic rings. The molecule has 0 aliphatic rings. The van der Waals surface area contributed by atoms with Gasteiger partial charge < -0.3 is 5.73 Å². The number of aromatic nitrogens is 4. The maximum atomic E-state index is 5.82. The third-order valence-corrected chi connectivity index (χ3v) is 3.43. The van der Waals surface area contributed by atoms with E-state index in [0.29, 0.717) is 11.1 Å². The van der Waals surface area contributed by atoms with Crippen LogP contribution in [-0.4, -0.2) is 25.0 Å². The Labute approximate surface area is 111 Å². The predicted molar refractivity (Wildman–Crippen MR) is 75.1 cm³/mol. The molecule has 18 heavy (non-hydrogen) atoms. The summed E-state index contributed by atoms with van der Waals surface area (Å²) >= 11 is 1.80. The molecule has 2 heterocycles. The average Bonchev–Trinajstić information content (AvgIpc) is 2.72. The molecule has 0 spiro atoms. The summed E-state index contributed by atoms with van der Waals surface area (Å²) in [6.45, 7) is 4.30. The smallest absolute Gasteiger partial charge is 0.141 e. The fourth-order valence-electron chi connectivity index (χ4n) is 1.52. The molecule has 96 valence electrons. The van der Waals surface area contributed by atoms with Gasteiger partial charge >= 0.3 is 0 Å². The molecule has 5 nitrogen and oxygen atoms in total. The molecule has 0 aliphatic carbocycles. The van der Waals surface area contributed by atoms with E-state index in [1.54, 1.807) is 28.7 Å². The standard InChI is InChI=1S/C12H17N5S/c1-8(2)18-7-12-15-10(4-11(13)16-12)9-5-14-17(3)6-9/h4-6,8H,7H2,1-3H3,(H2,13,15,16). The Bertz CT molecular complexity index is 535. The van der Waals surface area contributed by atoms with Crippen molar-refractivity contribution >= 4 is 17.6 Å². The molecular formula is C12H17N5S. The van der Waals surface area contributed by atoms with Crippen molar-refractivity contribution in [3.8, 4) is 11.3 Å². The Hall–Kier alpha value is -1.56. The van der Waals surface area contributed by atoms with Crippen molar-refractivity contribution in [1.82, 2.24) is 19.7 Å². The summed E-state index contributed by atoms with van der Waals surface area (Å²) in [4.78, 5) is 8.78. The first kappa shape index (κ1) is 12.9. The van der Waals surface area contributed by atoms with Crippen LogP contribution in [-0.2, 0) is 12.8 Å². The van der Waals surface area contributed by atoms with Crippen LogP contribution >= 0.6 is 11.8 Å². The Morgan fingerprint density at radius 2 is 2.17 bits per heavy atom. The van der Waals surface area contributed by atoms with E-state index in [1.165, 1.54) is 0 Å². The Balaban J connectivity index is 2.26. The third kappa shape index (κ3) is 3.22. The van der Waals surface area contributed by atoms with Crippen LogP contribution in [0.25, 0.3) is 11.3 Å². The quantitative estimate of drug-likeness (QED) is 0.914. The summed E-state index contributed by atoms with van der Waals surface area (Å²) in [5, 5.41) is 4.69. The van der Waals surface area contributed by atoms with Gasteiger partial charge in [0.2, 0.25) is 0 Å². The molecule has 0 fully saturated rings. The highest BCUT2D eigenvalue weighted by Gasteiger charge is 2.07. The number of aryl methyl sites for hydroxylation is 1. The predicted octanol–water partition coefficient (Wildman–Crippen LogP) is 2.10. The van der Waals surface area contributed by atoms with Gasteiger partial charge in [0.15, 0.2) is 0 Å². The zero-order valence-corrected chi connectivity index (χ0v) is 11.6. The molecule has 2 aromatic heterocycles. The second kappa shape index (κ2) is 5.39. The van der Waals surface area contributed by atoms with Crippen molar-refractivity contribution in [2.45, 2.75) is 24.9 Å². The minimum Gasteiger partial charge on any atom is -0.384 e. The normalized spacial score (nSPS) is 11.1. The van der Waals surface area contributed by atoms with Crippen molar-refractivity contribution in [3.63, 3.8) is 0 Å². The minimum absolute atomic E-state index is 0.503. The van der Waals surface area contributed by atoms with Crippen LogP contribution in [0.5, 0.6) is 0 Å². The Morgan fingerprint density at radius 1 is 1.39 bits per heavy atom. The van der Waals surface area contributed by atoms with E-state index < -0.39 is 0 Å². The fourth-order valence-corrected chi connectivity index (χ4v) is 2.14. The van der Waals surface area contributed by atoms with Crippen molar-refractivity contribution in [2.24, 2.45) is 7.05 Å². The lowest BCUT2D eigenvalue weighted by Crippen LogP contribution is -2.01. The fraction of sp³-hybridized carbons (Fsp3) is 0.417. The third-order valence-electron chi connectivity index (χ3n) is 2.34. The van der Waals surface area contributed by atoms with Gasteiger partial charge in [-0.3, -0.25) is 4.68 Å². The molecule has 0 aromatic carbocycles. The highest BCUT2D eigenvalue weighted by Crippen LogP contribution is 2.20. The SMILES string of the molecule is CC(C)SCc1nc(N)cc(-c2cnn(C)c2)n1. The molecule has 2 rings (SSSR count). The van der Waals surface area contributed by atoms with Gasteiger partial charge in [0.25, 0.3) is 0 Å². The number of rotatable bonds is 4. The zero-order chi connectivity index (χ0) is 13.1. The highest BCUT2D eigenvalue weighted by molar-refractivity contribution is 7.99. The number of hydrogen-bond acceptors (Lipinski definition) is 5. The topological polar surface area (TPSA) is 69.6 Å². The molecule has 0 aliphatic heterocycles. The first-order valence-corrected chi connectivity index (χ1v) is 6.83. The van der Waals surface area contributed by atoms with Gasteiger partial charge in [-0.2, -0.15) is 16.9 Å². The second-order valence-electron chi connectivity index (χ2n) is 4.36. The van der Waals surface area contributed by atoms with Crippen molar-refractivity contribution in [3.05, 3.63) is 24.3 Å². The maximum Gasteiger partial charge on any atom is 0.141 e. The van der Waals surface area contributed by atoms with E-state index in [4.69, 9.17) is 5.73 Å². The molecule has 0 unspecified atom stereocenters. The summed E-state index contributed by atoms with van der Waals surface area (Å²) in [6.07, 6.45) is 3.70. The molecule has 2 N–H and O–H groups in total. The van der Waals surface area contributed by atoms with Crippen LogP contribution in [0.4, 0.5) is 5.82 Å². The molecule has 0 amide bonds. The molecule has 0 atom stereocenters. The molecule has 6 heteroatoms. The maximum absolute atomic E-state index is 5.82. The summed E-state index contributed by atoms with van der Waals surface area (Å²) in [5.74, 6) is 2.05. The van der Waals surface area contributed by atoms with Crippen LogP contribution in [0.15, 0.2) is 18.5 Å². The number of thioether (sulfide) groups is 1. The van der Waals surface area contributed by atoms with Gasteiger partial charge in [-0.15, -0.1) is 0 Å². The Morgan fingerprint density at radius 3 is 2.78 bits per heavy atom. The largest absolute Gasteiger partial charge is 0.384 e. The van der Waals surface area contributed by atoms with Gasteiger partial charge in [-0.05, 0) is 5.25 Å². The number of nitrogens with two attached hydrogens (primary N) is 1. The molecule has 0 radical (unpaired) electrons. The van der Waals surface area contributed by atoms with Gasteiger partial charge in [0.1, 0.15) is 11.6 Å². The molecule has 0 saturated carbocycles. The zero-order valence-electron chi connectivity index (χ0n) is 10.8. The van der Waals surface area contributed by atoms with E-state index >= 15 is 0 Å². The highest BCUT2D eigenvalue weighted by atomic mass is 32.2. The molecular weight excluding hydrogens is 246 g/mol. The number of anilines is 1. The lowest BCUT2D eigenvalue weighted by atomic mass is 10.2. The van der Waals surface area contributed by atoms with Crippen molar-refractivity contribution in [1.29, 1.82) is 0 Å². The van der Waals surface area contributed by atoms with Crippen LogP contribution in [0.3, 0.4) is 0 Å². The van der Waals surface area contributed by atoms with Gasteiger partial charge in [-0.1, -0.05) is 13.8 Å². The van der Waals surface area contributed by atoms with Gasteiger partial charge in [-0.25, -0.2) is 9.97 Å². The molecule has 0 bridgehead atoms. The monoisotopic (exact) mass is 263 g/mol. The van der Waals surface area contributed by atoms with Crippen LogP contribution < -0.4 is 5.73 Å².